The van der Waals surface area contributed by atoms with Crippen LogP contribution in [-0.2, 0) is 0 Å². The van der Waals surface area contributed by atoms with Gasteiger partial charge >= 0.3 is 0 Å². The van der Waals surface area contributed by atoms with Crippen molar-refractivity contribution in [2.75, 3.05) is 32.9 Å². The van der Waals surface area contributed by atoms with Crippen LogP contribution in [0.15, 0.2) is 65.8 Å². The van der Waals surface area contributed by atoms with Gasteiger partial charge in [0.05, 0.1) is 11.6 Å². The fourth-order valence-electron chi connectivity index (χ4n) is 4.19. The molecule has 4 rings (SSSR count). The molecule has 2 aromatic carbocycles. The van der Waals surface area contributed by atoms with Crippen molar-refractivity contribution in [3.8, 4) is 23.0 Å². The van der Waals surface area contributed by atoms with Crippen LogP contribution in [0.4, 0.5) is 4.39 Å². The number of likely N-dealkylation sites (tertiary alicyclic amines) is 1. The number of rotatable bonds is 10. The lowest BCUT2D eigenvalue weighted by atomic mass is 10.0. The van der Waals surface area contributed by atoms with Crippen molar-refractivity contribution >= 4 is 21.4 Å². The van der Waals surface area contributed by atoms with Crippen molar-refractivity contribution in [2.45, 2.75) is 26.9 Å². The zero-order chi connectivity index (χ0) is 24.9. The normalized spacial score (nSPS) is 15.3. The van der Waals surface area contributed by atoms with Crippen LogP contribution in [0.2, 0.25) is 0 Å². The maximum absolute atomic E-state index is 12.6. The molecule has 1 fully saturated rings. The highest BCUT2D eigenvalue weighted by Crippen LogP contribution is 2.46. The Hall–Kier alpha value is -2.87. The van der Waals surface area contributed by atoms with Gasteiger partial charge in [0.15, 0.2) is 5.75 Å². The van der Waals surface area contributed by atoms with Crippen molar-refractivity contribution in [1.29, 1.82) is 0 Å². The number of aliphatic hydroxyl groups is 1. The zero-order valence-electron chi connectivity index (χ0n) is 20.3. The lowest BCUT2D eigenvalue weighted by Crippen LogP contribution is -2.49. The third kappa shape index (κ3) is 5.86. The molecule has 3 aromatic rings. The maximum atomic E-state index is 12.6. The van der Waals surface area contributed by atoms with E-state index < -0.39 is 6.10 Å². The Bertz CT molecular complexity index is 1210. The minimum atomic E-state index is -0.855. The average molecular weight is 498 g/mol. The lowest BCUT2D eigenvalue weighted by molar-refractivity contribution is 0.0668. The molecule has 0 radical (unpaired) electrons. The number of halogens is 1. The summed E-state index contributed by atoms with van der Waals surface area (Å²) in [5, 5.41) is 22.1. The molecule has 0 bridgehead atoms. The molecule has 7 heteroatoms. The molecule has 2 heterocycles. The fraction of sp³-hybridized carbons (Fsp3) is 0.357. The van der Waals surface area contributed by atoms with Crippen molar-refractivity contribution in [1.82, 2.24) is 4.90 Å². The molecule has 0 spiro atoms. The summed E-state index contributed by atoms with van der Waals surface area (Å²) in [6.07, 6.45) is 2.97. The number of benzene rings is 2. The van der Waals surface area contributed by atoms with Gasteiger partial charge in [0.1, 0.15) is 30.0 Å². The molecule has 1 atom stereocenters. The van der Waals surface area contributed by atoms with Crippen LogP contribution in [0.1, 0.15) is 31.8 Å². The van der Waals surface area contributed by atoms with E-state index in [0.717, 1.165) is 46.6 Å². The van der Waals surface area contributed by atoms with Crippen LogP contribution in [0.3, 0.4) is 0 Å². The molecule has 1 unspecified atom stereocenters. The molecule has 35 heavy (non-hydrogen) atoms. The van der Waals surface area contributed by atoms with E-state index in [1.165, 1.54) is 11.3 Å². The van der Waals surface area contributed by atoms with E-state index in [1.807, 2.05) is 63.3 Å². The second-order valence-corrected chi connectivity index (χ2v) is 10.1. The van der Waals surface area contributed by atoms with E-state index in [1.54, 1.807) is 12.1 Å². The standard InChI is InChI=1S/C28H32FNO4S/c1-4-5-23(18(2)3)26(32)28-27(24-11-6-20(31)14-25(24)35-28)34-22-9-7-21(8-10-22)33-13-12-30-16-19(15-29)17-30/h4-11,14,19,26,31-32H,12-13,15-17H2,1-3H3/b5-4-. The Labute approximate surface area is 209 Å². The molecule has 0 aliphatic carbocycles. The quantitative estimate of drug-likeness (QED) is 0.308. The first-order chi connectivity index (χ1) is 16.9. The van der Waals surface area contributed by atoms with Gasteiger partial charge in [-0.25, -0.2) is 0 Å². The van der Waals surface area contributed by atoms with Gasteiger partial charge in [-0.3, -0.25) is 9.29 Å². The number of hydrogen-bond acceptors (Lipinski definition) is 6. The van der Waals surface area contributed by atoms with E-state index in [2.05, 4.69) is 4.90 Å². The van der Waals surface area contributed by atoms with E-state index in [9.17, 15) is 14.6 Å². The molecule has 1 saturated heterocycles. The van der Waals surface area contributed by atoms with Crippen molar-refractivity contribution in [3.05, 3.63) is 70.6 Å². The maximum Gasteiger partial charge on any atom is 0.152 e. The number of phenols is 1. The number of ether oxygens (including phenoxy) is 2. The predicted octanol–water partition coefficient (Wildman–Crippen LogP) is 6.63. The van der Waals surface area contributed by atoms with Gasteiger partial charge in [-0.05, 0) is 68.8 Å². The Morgan fingerprint density at radius 2 is 1.89 bits per heavy atom. The number of thiophene rings is 1. The summed E-state index contributed by atoms with van der Waals surface area (Å²) < 4.78 is 25.5. The molecular weight excluding hydrogens is 465 g/mol. The molecule has 0 amide bonds. The molecule has 1 aromatic heterocycles. The minimum Gasteiger partial charge on any atom is -0.508 e. The van der Waals surface area contributed by atoms with Crippen molar-refractivity contribution in [2.24, 2.45) is 5.92 Å². The number of allylic oxidation sites excluding steroid dienone is 2. The number of alkyl halides is 1. The van der Waals surface area contributed by atoms with E-state index in [0.29, 0.717) is 23.0 Å². The van der Waals surface area contributed by atoms with Crippen molar-refractivity contribution in [3.63, 3.8) is 0 Å². The van der Waals surface area contributed by atoms with Gasteiger partial charge in [-0.1, -0.05) is 17.7 Å². The second kappa shape index (κ2) is 11.2. The van der Waals surface area contributed by atoms with E-state index in [4.69, 9.17) is 9.47 Å². The highest BCUT2D eigenvalue weighted by molar-refractivity contribution is 7.19. The topological polar surface area (TPSA) is 62.2 Å². The highest BCUT2D eigenvalue weighted by Gasteiger charge is 2.26. The van der Waals surface area contributed by atoms with Crippen molar-refractivity contribution < 1.29 is 24.1 Å². The summed E-state index contributed by atoms with van der Waals surface area (Å²) in [5.41, 5.74) is 1.83. The number of aromatic hydroxyl groups is 1. The lowest BCUT2D eigenvalue weighted by Gasteiger charge is -2.37. The van der Waals surface area contributed by atoms with Gasteiger partial charge in [0.2, 0.25) is 0 Å². The summed E-state index contributed by atoms with van der Waals surface area (Å²) in [5.74, 6) is 2.28. The molecular formula is C28H32FNO4S. The van der Waals surface area contributed by atoms with Crippen LogP contribution in [0.5, 0.6) is 23.0 Å². The first kappa shape index (κ1) is 25.2. The van der Waals surface area contributed by atoms with E-state index >= 15 is 0 Å². The monoisotopic (exact) mass is 497 g/mol. The number of nitrogens with zero attached hydrogens (tertiary/aromatic N) is 1. The van der Waals surface area contributed by atoms with Crippen LogP contribution in [-0.4, -0.2) is 48.0 Å². The molecule has 0 saturated carbocycles. The Morgan fingerprint density at radius 1 is 1.17 bits per heavy atom. The second-order valence-electron chi connectivity index (χ2n) is 9.04. The summed E-state index contributed by atoms with van der Waals surface area (Å²) >= 11 is 1.41. The largest absolute Gasteiger partial charge is 0.508 e. The van der Waals surface area contributed by atoms with Gasteiger partial charge < -0.3 is 19.7 Å². The van der Waals surface area contributed by atoms with E-state index in [-0.39, 0.29) is 18.3 Å². The van der Waals surface area contributed by atoms with Crippen LogP contribution >= 0.6 is 11.3 Å². The first-order valence-corrected chi connectivity index (χ1v) is 12.6. The number of hydrogen-bond donors (Lipinski definition) is 2. The highest BCUT2D eigenvalue weighted by atomic mass is 32.1. The minimum absolute atomic E-state index is 0.169. The van der Waals surface area contributed by atoms with Crippen LogP contribution in [0.25, 0.3) is 10.1 Å². The van der Waals surface area contributed by atoms with Gasteiger partial charge in [0, 0.05) is 35.6 Å². The predicted molar refractivity (Wildman–Crippen MR) is 140 cm³/mol. The third-order valence-corrected chi connectivity index (χ3v) is 7.28. The molecule has 186 valence electrons. The number of phenolic OH excluding ortho intramolecular Hbond substituents is 1. The van der Waals surface area contributed by atoms with Gasteiger partial charge in [0.25, 0.3) is 0 Å². The summed E-state index contributed by atoms with van der Waals surface area (Å²) in [4.78, 5) is 2.86. The SMILES string of the molecule is C/C=C\C(=C(C)C)C(O)c1sc2cc(O)ccc2c1Oc1ccc(OCCN2CC(CF)C2)cc1. The fourth-order valence-corrected chi connectivity index (χ4v) is 5.36. The molecule has 1 aliphatic heterocycles. The van der Waals surface area contributed by atoms with Crippen LogP contribution < -0.4 is 9.47 Å². The van der Waals surface area contributed by atoms with Gasteiger partial charge in [-0.2, -0.15) is 0 Å². The first-order valence-electron chi connectivity index (χ1n) is 11.8. The Balaban J connectivity index is 1.52. The molecule has 2 N–H and O–H groups in total. The zero-order valence-corrected chi connectivity index (χ0v) is 21.1. The smallest absolute Gasteiger partial charge is 0.152 e. The summed E-state index contributed by atoms with van der Waals surface area (Å²) in [6.45, 7) is 8.54. The number of aliphatic hydroxyl groups excluding tert-OH is 1. The summed E-state index contributed by atoms with van der Waals surface area (Å²) in [7, 11) is 0. The third-order valence-electron chi connectivity index (χ3n) is 6.09. The van der Waals surface area contributed by atoms with Gasteiger partial charge in [-0.15, -0.1) is 11.3 Å². The number of fused-ring (bicyclic) bond motifs is 1. The molecule has 5 nitrogen and oxygen atoms in total. The summed E-state index contributed by atoms with van der Waals surface area (Å²) in [6, 6.07) is 12.5. The Morgan fingerprint density at radius 3 is 2.54 bits per heavy atom. The molecule has 1 aliphatic rings. The average Bonchev–Trinajstić information content (AvgIpc) is 3.16. The van der Waals surface area contributed by atoms with Crippen LogP contribution in [0, 0.1) is 5.92 Å². The Kier molecular flexibility index (Phi) is 8.11.